The van der Waals surface area contributed by atoms with Crippen molar-refractivity contribution in [3.8, 4) is 0 Å². The summed E-state index contributed by atoms with van der Waals surface area (Å²) >= 11 is 6.30. The Balaban J connectivity index is 2.03. The van der Waals surface area contributed by atoms with Crippen molar-refractivity contribution in [2.75, 3.05) is 6.61 Å². The number of carbonyl (C=O) groups excluding carboxylic acids is 1. The number of benzene rings is 1. The van der Waals surface area contributed by atoms with Crippen molar-refractivity contribution >= 4 is 28.7 Å². The normalized spacial score (nSPS) is 15.0. The van der Waals surface area contributed by atoms with Crippen LogP contribution in [0.1, 0.15) is 49.7 Å². The molecule has 3 rings (SSSR count). The van der Waals surface area contributed by atoms with E-state index in [9.17, 15) is 9.59 Å². The minimum Gasteiger partial charge on any atom is -0.461 e. The molecule has 0 aliphatic heterocycles. The molecule has 0 saturated heterocycles. The molecule has 1 unspecified atom stereocenters. The van der Waals surface area contributed by atoms with Crippen LogP contribution in [-0.2, 0) is 22.3 Å². The number of hydrogen-bond donors (Lipinski definition) is 0. The lowest BCUT2D eigenvalue weighted by Crippen LogP contribution is -2.17. The van der Waals surface area contributed by atoms with E-state index in [-0.39, 0.29) is 12.0 Å². The second-order valence-electron chi connectivity index (χ2n) is 5.85. The average molecular weight is 351 g/mol. The molecular formula is C18H19ClO5. The van der Waals surface area contributed by atoms with Crippen LogP contribution >= 0.6 is 11.6 Å². The summed E-state index contributed by atoms with van der Waals surface area (Å²) in [5.41, 5.74) is 1.79. The molecule has 0 N–H and O–H groups in total. The molecule has 2 aromatic rings. The summed E-state index contributed by atoms with van der Waals surface area (Å²) in [7, 11) is 0. The highest BCUT2D eigenvalue weighted by Crippen LogP contribution is 2.31. The molecule has 0 amide bonds. The van der Waals surface area contributed by atoms with Crippen LogP contribution < -0.4 is 5.43 Å². The maximum atomic E-state index is 12.6. The molecule has 5 nitrogen and oxygen atoms in total. The zero-order chi connectivity index (χ0) is 17.3. The molecule has 0 bridgehead atoms. The van der Waals surface area contributed by atoms with Crippen molar-refractivity contribution in [1.29, 1.82) is 0 Å². The summed E-state index contributed by atoms with van der Waals surface area (Å²) in [6.07, 6.45) is 2.17. The lowest BCUT2D eigenvalue weighted by atomic mass is 9.95. The summed E-state index contributed by atoms with van der Waals surface area (Å²) in [6, 6.07) is 3.27. The quantitative estimate of drug-likeness (QED) is 0.759. The molecule has 24 heavy (non-hydrogen) atoms. The number of hydrogen-bond acceptors (Lipinski definition) is 5. The Labute approximate surface area is 144 Å². The molecule has 1 aromatic carbocycles. The van der Waals surface area contributed by atoms with Gasteiger partial charge in [0.05, 0.1) is 12.0 Å². The summed E-state index contributed by atoms with van der Waals surface area (Å²) in [5.74, 6) is 0.756. The Kier molecular flexibility index (Phi) is 4.81. The molecule has 128 valence electrons. The summed E-state index contributed by atoms with van der Waals surface area (Å²) in [6.45, 7) is 3.63. The molecule has 1 aliphatic rings. The van der Waals surface area contributed by atoms with Crippen LogP contribution in [0, 0.1) is 0 Å². The average Bonchev–Trinajstić information content (AvgIpc) is 2.55. The predicted octanol–water partition coefficient (Wildman–Crippen LogP) is 4.56. The second-order valence-corrected chi connectivity index (χ2v) is 6.26. The minimum atomic E-state index is -0.756. The van der Waals surface area contributed by atoms with Crippen molar-refractivity contribution in [1.82, 2.24) is 0 Å². The van der Waals surface area contributed by atoms with E-state index < -0.39 is 12.3 Å². The van der Waals surface area contributed by atoms with Gasteiger partial charge in [0.15, 0.2) is 5.43 Å². The van der Waals surface area contributed by atoms with E-state index in [2.05, 4.69) is 0 Å². The molecular weight excluding hydrogens is 332 g/mol. The molecule has 1 aliphatic carbocycles. The Morgan fingerprint density at radius 1 is 1.33 bits per heavy atom. The summed E-state index contributed by atoms with van der Waals surface area (Å²) in [4.78, 5) is 24.1. The van der Waals surface area contributed by atoms with Crippen molar-refractivity contribution in [2.24, 2.45) is 0 Å². The third kappa shape index (κ3) is 3.13. The molecule has 0 spiro atoms. The molecule has 0 radical (unpaired) electrons. The van der Waals surface area contributed by atoms with Crippen molar-refractivity contribution in [3.05, 3.63) is 44.3 Å². The van der Waals surface area contributed by atoms with Gasteiger partial charge in [0.1, 0.15) is 17.4 Å². The van der Waals surface area contributed by atoms with Crippen LogP contribution in [0.3, 0.4) is 0 Å². The third-order valence-corrected chi connectivity index (χ3v) is 4.57. The van der Waals surface area contributed by atoms with Crippen LogP contribution in [0.5, 0.6) is 0 Å². The molecule has 6 heteroatoms. The SMILES string of the molecule is CCOC(=O)OC(C)c1cc2oc3c(c(=O)c2cc1Cl)CCCC3. The Morgan fingerprint density at radius 3 is 2.83 bits per heavy atom. The van der Waals surface area contributed by atoms with Crippen LogP contribution in [-0.4, -0.2) is 12.8 Å². The fourth-order valence-electron chi connectivity index (χ4n) is 3.03. The van der Waals surface area contributed by atoms with E-state index >= 15 is 0 Å². The van der Waals surface area contributed by atoms with E-state index in [1.807, 2.05) is 0 Å². The van der Waals surface area contributed by atoms with Gasteiger partial charge in [-0.15, -0.1) is 0 Å². The van der Waals surface area contributed by atoms with Crippen molar-refractivity contribution in [3.63, 3.8) is 0 Å². The Hall–Kier alpha value is -2.01. The largest absolute Gasteiger partial charge is 0.508 e. The summed E-state index contributed by atoms with van der Waals surface area (Å²) < 4.78 is 15.9. The monoisotopic (exact) mass is 350 g/mol. The van der Waals surface area contributed by atoms with Gasteiger partial charge in [-0.3, -0.25) is 4.79 Å². The second kappa shape index (κ2) is 6.85. The fourth-order valence-corrected chi connectivity index (χ4v) is 3.35. The number of fused-ring (bicyclic) bond motifs is 2. The first kappa shape index (κ1) is 16.8. The van der Waals surface area contributed by atoms with E-state index in [0.717, 1.165) is 37.0 Å². The number of ether oxygens (including phenoxy) is 2. The highest BCUT2D eigenvalue weighted by Gasteiger charge is 2.21. The van der Waals surface area contributed by atoms with E-state index in [0.29, 0.717) is 21.6 Å². The van der Waals surface area contributed by atoms with Gasteiger partial charge in [-0.25, -0.2) is 4.79 Å². The minimum absolute atomic E-state index is 0.0154. The van der Waals surface area contributed by atoms with Gasteiger partial charge < -0.3 is 13.9 Å². The van der Waals surface area contributed by atoms with Crippen LogP contribution in [0.25, 0.3) is 11.0 Å². The van der Waals surface area contributed by atoms with Crippen molar-refractivity contribution < 1.29 is 18.7 Å². The fraction of sp³-hybridized carbons (Fsp3) is 0.444. The third-order valence-electron chi connectivity index (χ3n) is 4.24. The lowest BCUT2D eigenvalue weighted by molar-refractivity contribution is 0.0317. The standard InChI is InChI=1S/C18H19ClO5/c1-3-22-18(21)23-10(2)12-9-16-13(8-14(12)19)17(20)11-6-4-5-7-15(11)24-16/h8-10H,3-7H2,1-2H3. The van der Waals surface area contributed by atoms with Gasteiger partial charge in [0, 0.05) is 22.6 Å². The van der Waals surface area contributed by atoms with Gasteiger partial charge in [0.2, 0.25) is 0 Å². The molecule has 0 fully saturated rings. The van der Waals surface area contributed by atoms with E-state index in [1.165, 1.54) is 0 Å². The van der Waals surface area contributed by atoms with Crippen LogP contribution in [0.4, 0.5) is 4.79 Å². The summed E-state index contributed by atoms with van der Waals surface area (Å²) in [5, 5.41) is 0.829. The van der Waals surface area contributed by atoms with E-state index in [1.54, 1.807) is 26.0 Å². The van der Waals surface area contributed by atoms with Gasteiger partial charge in [-0.1, -0.05) is 11.6 Å². The predicted molar refractivity (Wildman–Crippen MR) is 90.7 cm³/mol. The number of rotatable bonds is 3. The molecule has 1 heterocycles. The first-order valence-electron chi connectivity index (χ1n) is 8.12. The zero-order valence-corrected chi connectivity index (χ0v) is 14.4. The topological polar surface area (TPSA) is 65.7 Å². The Morgan fingerprint density at radius 2 is 2.08 bits per heavy atom. The first-order valence-corrected chi connectivity index (χ1v) is 8.50. The zero-order valence-electron chi connectivity index (χ0n) is 13.7. The maximum Gasteiger partial charge on any atom is 0.508 e. The van der Waals surface area contributed by atoms with E-state index in [4.69, 9.17) is 25.5 Å². The lowest BCUT2D eigenvalue weighted by Gasteiger charge is -2.17. The smallest absolute Gasteiger partial charge is 0.461 e. The maximum absolute atomic E-state index is 12.6. The van der Waals surface area contributed by atoms with Gasteiger partial charge >= 0.3 is 6.16 Å². The van der Waals surface area contributed by atoms with Gasteiger partial charge in [-0.05, 0) is 45.2 Å². The van der Waals surface area contributed by atoms with Crippen LogP contribution in [0.15, 0.2) is 21.3 Å². The highest BCUT2D eigenvalue weighted by atomic mass is 35.5. The molecule has 1 atom stereocenters. The molecule has 0 saturated carbocycles. The van der Waals surface area contributed by atoms with Gasteiger partial charge in [0.25, 0.3) is 0 Å². The highest BCUT2D eigenvalue weighted by molar-refractivity contribution is 6.32. The number of aryl methyl sites for hydroxylation is 1. The number of carbonyl (C=O) groups is 1. The first-order chi connectivity index (χ1) is 11.5. The molecule has 1 aromatic heterocycles. The number of halogens is 1. The van der Waals surface area contributed by atoms with Crippen LogP contribution in [0.2, 0.25) is 5.02 Å². The van der Waals surface area contributed by atoms with Gasteiger partial charge in [-0.2, -0.15) is 0 Å². The van der Waals surface area contributed by atoms with Crippen molar-refractivity contribution in [2.45, 2.75) is 45.6 Å². The Bertz CT molecular complexity index is 839.